The SMILES string of the molecule is CC[Si](CC)(CC)OC[C@H]1O[C@@H](n2cnc3c(N)ncnc32)[C@@H]2OC(C)(C)O[C@@H]21. The normalized spacial score (nSPS) is 28.9. The maximum Gasteiger partial charge on any atom is 0.192 e. The number of anilines is 1. The third kappa shape index (κ3) is 3.57. The highest BCUT2D eigenvalue weighted by molar-refractivity contribution is 6.73. The summed E-state index contributed by atoms with van der Waals surface area (Å²) >= 11 is 0. The van der Waals surface area contributed by atoms with Crippen molar-refractivity contribution in [1.82, 2.24) is 19.5 Å². The summed E-state index contributed by atoms with van der Waals surface area (Å²) in [6.07, 6.45) is 1.97. The highest BCUT2D eigenvalue weighted by Gasteiger charge is 2.56. The molecular formula is C19H31N5O4Si. The Hall–Kier alpha value is -1.59. The van der Waals surface area contributed by atoms with Crippen LogP contribution in [0.15, 0.2) is 12.7 Å². The molecule has 0 bridgehead atoms. The summed E-state index contributed by atoms with van der Waals surface area (Å²) in [5.74, 6) is -0.342. The Balaban J connectivity index is 1.62. The molecule has 0 aromatic carbocycles. The molecule has 4 heterocycles. The van der Waals surface area contributed by atoms with E-state index in [-0.39, 0.29) is 18.3 Å². The summed E-state index contributed by atoms with van der Waals surface area (Å²) < 4.78 is 27.2. The lowest BCUT2D eigenvalue weighted by molar-refractivity contribution is -0.199. The number of hydrogen-bond donors (Lipinski definition) is 1. The lowest BCUT2D eigenvalue weighted by atomic mass is 10.1. The third-order valence-corrected chi connectivity index (χ3v) is 10.9. The second-order valence-electron chi connectivity index (χ2n) is 8.27. The van der Waals surface area contributed by atoms with Crippen molar-refractivity contribution in [3.63, 3.8) is 0 Å². The molecule has 2 saturated heterocycles. The van der Waals surface area contributed by atoms with Crippen LogP contribution < -0.4 is 5.73 Å². The third-order valence-electron chi connectivity index (χ3n) is 6.27. The van der Waals surface area contributed by atoms with E-state index in [0.29, 0.717) is 23.6 Å². The first-order valence-electron chi connectivity index (χ1n) is 10.4. The average molecular weight is 422 g/mol. The zero-order chi connectivity index (χ0) is 20.8. The minimum atomic E-state index is -1.74. The fourth-order valence-electron chi connectivity index (χ4n) is 4.39. The van der Waals surface area contributed by atoms with Crippen LogP contribution in [-0.2, 0) is 18.6 Å². The summed E-state index contributed by atoms with van der Waals surface area (Å²) in [5.41, 5.74) is 7.12. The van der Waals surface area contributed by atoms with Crippen LogP contribution in [-0.4, -0.2) is 58.5 Å². The first-order chi connectivity index (χ1) is 13.8. The Morgan fingerprint density at radius 2 is 1.79 bits per heavy atom. The van der Waals surface area contributed by atoms with E-state index in [2.05, 4.69) is 35.7 Å². The van der Waals surface area contributed by atoms with Gasteiger partial charge in [0, 0.05) is 0 Å². The molecule has 2 aromatic rings. The van der Waals surface area contributed by atoms with Crippen molar-refractivity contribution in [3.05, 3.63) is 12.7 Å². The van der Waals surface area contributed by atoms with E-state index in [0.717, 1.165) is 18.1 Å². The number of aromatic nitrogens is 4. The molecule has 2 fully saturated rings. The van der Waals surface area contributed by atoms with Crippen LogP contribution in [0.25, 0.3) is 11.2 Å². The summed E-state index contributed by atoms with van der Waals surface area (Å²) in [5, 5.41) is 0. The second kappa shape index (κ2) is 7.58. The van der Waals surface area contributed by atoms with Gasteiger partial charge in [0.1, 0.15) is 30.2 Å². The van der Waals surface area contributed by atoms with Gasteiger partial charge in [-0.1, -0.05) is 20.8 Å². The lowest BCUT2D eigenvalue weighted by Crippen LogP contribution is -2.41. The van der Waals surface area contributed by atoms with E-state index in [1.807, 2.05) is 18.4 Å². The minimum absolute atomic E-state index is 0.219. The van der Waals surface area contributed by atoms with Crippen LogP contribution in [0.4, 0.5) is 5.82 Å². The van der Waals surface area contributed by atoms with E-state index in [1.165, 1.54) is 6.33 Å². The highest BCUT2D eigenvalue weighted by Crippen LogP contribution is 2.44. The smallest absolute Gasteiger partial charge is 0.192 e. The van der Waals surface area contributed by atoms with Crippen LogP contribution in [0.3, 0.4) is 0 Å². The molecule has 160 valence electrons. The van der Waals surface area contributed by atoms with E-state index in [9.17, 15) is 0 Å². The van der Waals surface area contributed by atoms with Gasteiger partial charge in [-0.05, 0) is 32.0 Å². The molecule has 2 aliphatic rings. The van der Waals surface area contributed by atoms with Gasteiger partial charge in [0.15, 0.2) is 31.8 Å². The summed E-state index contributed by atoms with van der Waals surface area (Å²) in [6.45, 7) is 11.0. The van der Waals surface area contributed by atoms with Crippen LogP contribution in [0.1, 0.15) is 40.8 Å². The van der Waals surface area contributed by atoms with Gasteiger partial charge < -0.3 is 24.4 Å². The number of fused-ring (bicyclic) bond motifs is 2. The van der Waals surface area contributed by atoms with E-state index in [1.54, 1.807) is 6.33 Å². The lowest BCUT2D eigenvalue weighted by Gasteiger charge is -2.31. The Kier molecular flexibility index (Phi) is 5.41. The van der Waals surface area contributed by atoms with Crippen molar-refractivity contribution < 1.29 is 18.6 Å². The minimum Gasteiger partial charge on any atom is -0.414 e. The standard InChI is InChI=1S/C19H31N5O4Si/c1-6-29(7-2,8-3)25-9-12-14-15(28-19(4,5)27-14)18(26-12)24-11-23-13-16(20)21-10-22-17(13)24/h10-12,14-15,18H,6-9H2,1-5H3,(H2,20,21,22)/t12-,14-,15-,18-/m1/s1. The van der Waals surface area contributed by atoms with Crippen LogP contribution >= 0.6 is 0 Å². The predicted molar refractivity (Wildman–Crippen MR) is 111 cm³/mol. The van der Waals surface area contributed by atoms with Gasteiger partial charge in [-0.15, -0.1) is 0 Å². The Morgan fingerprint density at radius 1 is 1.10 bits per heavy atom. The van der Waals surface area contributed by atoms with Crippen molar-refractivity contribution >= 4 is 25.3 Å². The number of hydrogen-bond acceptors (Lipinski definition) is 8. The summed E-state index contributed by atoms with van der Waals surface area (Å²) in [6, 6.07) is 3.28. The van der Waals surface area contributed by atoms with Crippen molar-refractivity contribution in [2.75, 3.05) is 12.3 Å². The molecule has 2 aliphatic heterocycles. The average Bonchev–Trinajstić information content (AvgIpc) is 3.35. The zero-order valence-electron chi connectivity index (χ0n) is 17.8. The second-order valence-corrected chi connectivity index (χ2v) is 13.0. The van der Waals surface area contributed by atoms with Gasteiger partial charge in [0.2, 0.25) is 0 Å². The van der Waals surface area contributed by atoms with Crippen molar-refractivity contribution in [2.45, 2.75) is 83.1 Å². The van der Waals surface area contributed by atoms with Gasteiger partial charge in [0.25, 0.3) is 0 Å². The number of ether oxygens (including phenoxy) is 3. The molecule has 0 aliphatic carbocycles. The topological polar surface area (TPSA) is 107 Å². The Labute approximate surface area is 172 Å². The van der Waals surface area contributed by atoms with Crippen molar-refractivity contribution in [3.8, 4) is 0 Å². The van der Waals surface area contributed by atoms with Crippen molar-refractivity contribution in [1.29, 1.82) is 0 Å². The molecule has 29 heavy (non-hydrogen) atoms. The number of rotatable bonds is 7. The summed E-state index contributed by atoms with van der Waals surface area (Å²) in [7, 11) is -1.74. The van der Waals surface area contributed by atoms with Gasteiger partial charge in [-0.3, -0.25) is 4.57 Å². The van der Waals surface area contributed by atoms with Crippen molar-refractivity contribution in [2.24, 2.45) is 0 Å². The summed E-state index contributed by atoms with van der Waals surface area (Å²) in [4.78, 5) is 12.7. The monoisotopic (exact) mass is 421 g/mol. The molecule has 9 nitrogen and oxygen atoms in total. The van der Waals surface area contributed by atoms with E-state index in [4.69, 9.17) is 24.4 Å². The molecule has 10 heteroatoms. The molecule has 0 spiro atoms. The zero-order valence-corrected chi connectivity index (χ0v) is 18.8. The predicted octanol–water partition coefficient (Wildman–Crippen LogP) is 2.85. The molecule has 0 amide bonds. The molecule has 4 rings (SSSR count). The van der Waals surface area contributed by atoms with Crippen LogP contribution in [0.2, 0.25) is 18.1 Å². The van der Waals surface area contributed by atoms with Gasteiger partial charge in [-0.2, -0.15) is 0 Å². The number of nitrogens with two attached hydrogens (primary N) is 1. The molecule has 0 unspecified atom stereocenters. The van der Waals surface area contributed by atoms with E-state index >= 15 is 0 Å². The van der Waals surface area contributed by atoms with E-state index < -0.39 is 20.3 Å². The first-order valence-corrected chi connectivity index (χ1v) is 12.9. The van der Waals surface area contributed by atoms with Gasteiger partial charge in [-0.25, -0.2) is 15.0 Å². The quantitative estimate of drug-likeness (QED) is 0.680. The highest BCUT2D eigenvalue weighted by atomic mass is 28.4. The molecular weight excluding hydrogens is 390 g/mol. The molecule has 2 N–H and O–H groups in total. The van der Waals surface area contributed by atoms with Crippen LogP contribution in [0, 0.1) is 0 Å². The van der Waals surface area contributed by atoms with Gasteiger partial charge >= 0.3 is 0 Å². The fourth-order valence-corrected chi connectivity index (χ4v) is 7.02. The molecule has 4 atom stereocenters. The fraction of sp³-hybridized carbons (Fsp3) is 0.737. The van der Waals surface area contributed by atoms with Crippen LogP contribution in [0.5, 0.6) is 0 Å². The maximum absolute atomic E-state index is 6.52. The molecule has 0 saturated carbocycles. The number of nitrogens with zero attached hydrogens (tertiary/aromatic N) is 4. The maximum atomic E-state index is 6.52. The molecule has 0 radical (unpaired) electrons. The van der Waals surface area contributed by atoms with Gasteiger partial charge in [0.05, 0.1) is 12.9 Å². The number of imidazole rings is 1. The first kappa shape index (κ1) is 20.7. The largest absolute Gasteiger partial charge is 0.414 e. The Bertz CT molecular complexity index is 863. The Morgan fingerprint density at radius 3 is 2.48 bits per heavy atom. The molecule has 2 aromatic heterocycles. The number of nitrogen functional groups attached to an aromatic ring is 1.